The van der Waals surface area contributed by atoms with Crippen LogP contribution in [0.4, 0.5) is 0 Å². The van der Waals surface area contributed by atoms with Gasteiger partial charge < -0.3 is 17.8 Å². The average molecular weight is 293 g/mol. The van der Waals surface area contributed by atoms with Gasteiger partial charge in [-0.25, -0.2) is 0 Å². The van der Waals surface area contributed by atoms with Crippen molar-refractivity contribution in [1.29, 1.82) is 0 Å². The molecule has 1 aliphatic heterocycles. The summed E-state index contributed by atoms with van der Waals surface area (Å²) in [6, 6.07) is 0. The first-order valence-corrected chi connectivity index (χ1v) is 9.81. The Hall–Kier alpha value is 0.234. The van der Waals surface area contributed by atoms with Crippen LogP contribution in [-0.4, -0.2) is 80.8 Å². The van der Waals surface area contributed by atoms with Crippen LogP contribution < -0.4 is 0 Å². The number of nitrogens with zero attached hydrogens (tertiary/aromatic N) is 2. The summed E-state index contributed by atoms with van der Waals surface area (Å²) in [6.07, 6.45) is 0.831. The zero-order chi connectivity index (χ0) is 13.4. The maximum Gasteiger partial charge on any atom is 0.515 e. The zero-order valence-corrected chi connectivity index (χ0v) is 15.3. The largest absolute Gasteiger partial charge is 0.515 e. The molecular formula is C11H28N2O3Si2. The van der Waals surface area contributed by atoms with Gasteiger partial charge in [-0.05, 0) is 20.8 Å². The Labute approximate surface area is 115 Å². The minimum atomic E-state index is -2.49. The lowest BCUT2D eigenvalue weighted by Gasteiger charge is -2.37. The van der Waals surface area contributed by atoms with Crippen LogP contribution >= 0.6 is 0 Å². The maximum absolute atomic E-state index is 5.89. The predicted molar refractivity (Wildman–Crippen MR) is 78.6 cm³/mol. The fourth-order valence-corrected chi connectivity index (χ4v) is 5.31. The van der Waals surface area contributed by atoms with Gasteiger partial charge in [-0.3, -0.25) is 4.90 Å². The average Bonchev–Trinajstić information content (AvgIpc) is 2.33. The second-order valence-electron chi connectivity index (χ2n) is 4.56. The highest BCUT2D eigenvalue weighted by atomic mass is 28.4. The fraction of sp³-hybridized carbons (Fsp3) is 1.00. The van der Waals surface area contributed by atoms with Crippen molar-refractivity contribution in [2.24, 2.45) is 0 Å². The van der Waals surface area contributed by atoms with E-state index >= 15 is 0 Å². The lowest BCUT2D eigenvalue weighted by molar-refractivity contribution is 0.0522. The molecule has 0 radical (unpaired) electrons. The molecule has 0 N–H and O–H groups in total. The summed E-state index contributed by atoms with van der Waals surface area (Å²) in [5, 5.41) is 0. The molecular weight excluding hydrogens is 264 g/mol. The molecule has 0 aliphatic carbocycles. The lowest BCUT2D eigenvalue weighted by atomic mass is 10.4. The Balaban J connectivity index is 2.57. The second-order valence-corrected chi connectivity index (χ2v) is 8.37. The van der Waals surface area contributed by atoms with Crippen LogP contribution in [0.3, 0.4) is 0 Å². The van der Waals surface area contributed by atoms with Crippen molar-refractivity contribution in [3.8, 4) is 0 Å². The van der Waals surface area contributed by atoms with E-state index in [9.17, 15) is 0 Å². The van der Waals surface area contributed by atoms with Crippen molar-refractivity contribution in [3.05, 3.63) is 0 Å². The molecule has 0 aromatic carbocycles. The van der Waals surface area contributed by atoms with Crippen molar-refractivity contribution < 1.29 is 13.3 Å². The molecule has 0 atom stereocenters. The van der Waals surface area contributed by atoms with Crippen LogP contribution in [0.5, 0.6) is 0 Å². The molecule has 18 heavy (non-hydrogen) atoms. The third-order valence-electron chi connectivity index (χ3n) is 3.11. The highest BCUT2D eigenvalue weighted by Gasteiger charge is 2.42. The Morgan fingerprint density at radius 1 is 0.889 bits per heavy atom. The second kappa shape index (κ2) is 8.41. The summed E-state index contributed by atoms with van der Waals surface area (Å²) in [5.74, 6) is 0. The molecule has 0 aromatic rings. The smallest absolute Gasteiger partial charge is 0.373 e. The van der Waals surface area contributed by atoms with Gasteiger partial charge in [0.05, 0.1) is 16.6 Å². The molecule has 0 aromatic heterocycles. The Morgan fingerprint density at radius 2 is 1.33 bits per heavy atom. The molecule has 0 unspecified atom stereocenters. The lowest BCUT2D eigenvalue weighted by Crippen LogP contribution is -2.58. The quantitative estimate of drug-likeness (QED) is 0.562. The van der Waals surface area contributed by atoms with Gasteiger partial charge in [0.1, 0.15) is 0 Å². The molecule has 1 rings (SSSR count). The van der Waals surface area contributed by atoms with Gasteiger partial charge in [0.2, 0.25) is 0 Å². The molecule has 0 spiro atoms. The molecule has 108 valence electrons. The summed E-state index contributed by atoms with van der Waals surface area (Å²) in [7, 11) is -1.32. The highest BCUT2D eigenvalue weighted by Crippen LogP contribution is 2.13. The summed E-state index contributed by atoms with van der Waals surface area (Å²) >= 11 is 0. The van der Waals surface area contributed by atoms with E-state index in [1.807, 2.05) is 20.8 Å². The number of rotatable bonds is 8. The molecule has 1 saturated heterocycles. The summed E-state index contributed by atoms with van der Waals surface area (Å²) in [6.45, 7) is 12.5. The predicted octanol–water partition coefficient (Wildman–Crippen LogP) is -0.528. The third-order valence-corrected chi connectivity index (χ3v) is 7.02. The van der Waals surface area contributed by atoms with Gasteiger partial charge in [0, 0.05) is 46.0 Å². The van der Waals surface area contributed by atoms with E-state index < -0.39 is 8.80 Å². The molecule has 1 fully saturated rings. The number of piperazine rings is 1. The molecule has 5 nitrogen and oxygen atoms in total. The van der Waals surface area contributed by atoms with Gasteiger partial charge in [0.15, 0.2) is 0 Å². The first-order chi connectivity index (χ1) is 8.65. The van der Waals surface area contributed by atoms with E-state index in [1.165, 1.54) is 13.1 Å². The van der Waals surface area contributed by atoms with E-state index in [0.29, 0.717) is 19.8 Å². The van der Waals surface area contributed by atoms with E-state index in [4.69, 9.17) is 13.3 Å². The minimum Gasteiger partial charge on any atom is -0.373 e. The Morgan fingerprint density at radius 3 is 1.72 bits per heavy atom. The fourth-order valence-electron chi connectivity index (χ4n) is 2.20. The van der Waals surface area contributed by atoms with Crippen molar-refractivity contribution in [2.75, 3.05) is 52.2 Å². The summed E-state index contributed by atoms with van der Waals surface area (Å²) in [4.78, 5) is 2.43. The normalized spacial score (nSPS) is 19.5. The van der Waals surface area contributed by atoms with E-state index in [1.54, 1.807) is 0 Å². The van der Waals surface area contributed by atoms with Crippen LogP contribution in [0.15, 0.2) is 0 Å². The number of hydrogen-bond acceptors (Lipinski definition) is 5. The van der Waals surface area contributed by atoms with Gasteiger partial charge in [-0.15, -0.1) is 0 Å². The molecule has 1 aliphatic rings. The number of hydrogen-bond donors (Lipinski definition) is 0. The van der Waals surface area contributed by atoms with Crippen LogP contribution in [0, 0.1) is 0 Å². The van der Waals surface area contributed by atoms with E-state index in [2.05, 4.69) is 9.47 Å². The molecule has 0 bridgehead atoms. The Kier molecular flexibility index (Phi) is 7.61. The van der Waals surface area contributed by atoms with Crippen LogP contribution in [-0.2, 0) is 13.3 Å². The Bertz CT molecular complexity index is 209. The topological polar surface area (TPSA) is 34.2 Å². The van der Waals surface area contributed by atoms with Crippen molar-refractivity contribution >= 4 is 19.2 Å². The van der Waals surface area contributed by atoms with Gasteiger partial charge in [-0.2, -0.15) is 0 Å². The summed E-state index contributed by atoms with van der Waals surface area (Å²) < 4.78 is 20.2. The van der Waals surface area contributed by atoms with Crippen molar-refractivity contribution in [1.82, 2.24) is 9.47 Å². The van der Waals surface area contributed by atoms with Gasteiger partial charge in [0.25, 0.3) is 0 Å². The van der Waals surface area contributed by atoms with Crippen molar-refractivity contribution in [2.45, 2.75) is 20.8 Å². The first kappa shape index (κ1) is 16.3. The third kappa shape index (κ3) is 5.08. The van der Waals surface area contributed by atoms with Gasteiger partial charge >= 0.3 is 8.80 Å². The van der Waals surface area contributed by atoms with Crippen LogP contribution in [0.2, 0.25) is 0 Å². The van der Waals surface area contributed by atoms with Crippen molar-refractivity contribution in [3.63, 3.8) is 0 Å². The molecule has 1 heterocycles. The van der Waals surface area contributed by atoms with E-state index in [0.717, 1.165) is 29.7 Å². The molecule has 0 amide bonds. The highest BCUT2D eigenvalue weighted by molar-refractivity contribution is 6.60. The standard InChI is InChI=1S/C11H28N2O3Si2/c1-4-14-18(15-5-2,16-6-3)11-12-7-9-13(17)10-8-12/h4-11H2,1-3,17H3. The minimum absolute atomic E-state index is 0.660. The zero-order valence-electron chi connectivity index (χ0n) is 12.3. The van der Waals surface area contributed by atoms with E-state index in [-0.39, 0.29) is 0 Å². The van der Waals surface area contributed by atoms with Crippen LogP contribution in [0.1, 0.15) is 20.8 Å². The molecule has 0 saturated carbocycles. The first-order valence-electron chi connectivity index (χ1n) is 6.98. The van der Waals surface area contributed by atoms with Crippen LogP contribution in [0.25, 0.3) is 0 Å². The van der Waals surface area contributed by atoms with Gasteiger partial charge in [-0.1, -0.05) is 0 Å². The monoisotopic (exact) mass is 292 g/mol. The molecule has 7 heteroatoms. The maximum atomic E-state index is 5.89. The summed E-state index contributed by atoms with van der Waals surface area (Å²) in [5.41, 5.74) is 0. The SMILES string of the molecule is CCO[Si](CN1CCN([SiH3])CC1)(OCC)OCC.